The van der Waals surface area contributed by atoms with E-state index in [1.54, 1.807) is 0 Å². The van der Waals surface area contributed by atoms with Crippen LogP contribution in [0.15, 0.2) is 54.6 Å². The van der Waals surface area contributed by atoms with Gasteiger partial charge in [-0.05, 0) is 30.5 Å². The van der Waals surface area contributed by atoms with E-state index in [2.05, 4.69) is 5.32 Å². The van der Waals surface area contributed by atoms with E-state index in [0.717, 1.165) is 11.1 Å². The van der Waals surface area contributed by atoms with E-state index in [4.69, 9.17) is 5.11 Å². The number of carbonyl (C=O) groups is 2. The molecule has 0 bridgehead atoms. The largest absolute Gasteiger partial charge is 0.481 e. The maximum atomic E-state index is 12.6. The van der Waals surface area contributed by atoms with E-state index in [1.165, 1.54) is 0 Å². The van der Waals surface area contributed by atoms with Gasteiger partial charge in [0.1, 0.15) is 0 Å². The molecule has 120 valence electrons. The van der Waals surface area contributed by atoms with Crippen LogP contribution in [0.5, 0.6) is 0 Å². The molecular weight excluding hydrogens is 290 g/mol. The molecule has 0 aliphatic rings. The zero-order valence-corrected chi connectivity index (χ0v) is 13.3. The quantitative estimate of drug-likeness (QED) is 0.852. The van der Waals surface area contributed by atoms with Crippen molar-refractivity contribution in [3.8, 4) is 0 Å². The van der Waals surface area contributed by atoms with Crippen LogP contribution < -0.4 is 5.32 Å². The average Bonchev–Trinajstić information content (AvgIpc) is 2.54. The minimum Gasteiger partial charge on any atom is -0.481 e. The lowest BCUT2D eigenvalue weighted by molar-refractivity contribution is -0.140. The first kappa shape index (κ1) is 16.7. The van der Waals surface area contributed by atoms with Gasteiger partial charge in [-0.2, -0.15) is 0 Å². The Balaban J connectivity index is 2.18. The van der Waals surface area contributed by atoms with Gasteiger partial charge in [0.05, 0.1) is 12.3 Å². The third kappa shape index (κ3) is 4.68. The zero-order valence-electron chi connectivity index (χ0n) is 13.3. The molecule has 0 fully saturated rings. The maximum absolute atomic E-state index is 12.6. The van der Waals surface area contributed by atoms with Crippen LogP contribution in [0.3, 0.4) is 0 Å². The SMILES string of the molecule is Cc1ccc(NC(=O)[C@@H](CC(=O)O)[C@H](C)c2ccccc2)cc1. The van der Waals surface area contributed by atoms with E-state index in [9.17, 15) is 9.59 Å². The van der Waals surface area contributed by atoms with Crippen LogP contribution in [0, 0.1) is 12.8 Å². The highest BCUT2D eigenvalue weighted by Gasteiger charge is 2.28. The van der Waals surface area contributed by atoms with Crippen LogP contribution in [0.4, 0.5) is 5.69 Å². The fraction of sp³-hybridized carbons (Fsp3) is 0.263. The third-order valence-corrected chi connectivity index (χ3v) is 3.98. The molecule has 0 heterocycles. The molecule has 2 aromatic rings. The summed E-state index contributed by atoms with van der Waals surface area (Å²) >= 11 is 0. The Kier molecular flexibility index (Phi) is 5.52. The first-order chi connectivity index (χ1) is 11.0. The maximum Gasteiger partial charge on any atom is 0.304 e. The summed E-state index contributed by atoms with van der Waals surface area (Å²) in [6, 6.07) is 17.0. The van der Waals surface area contributed by atoms with Gasteiger partial charge in [0.2, 0.25) is 5.91 Å². The fourth-order valence-electron chi connectivity index (χ4n) is 2.55. The number of carboxylic acid groups (broad SMARTS) is 1. The molecule has 23 heavy (non-hydrogen) atoms. The standard InChI is InChI=1S/C19H21NO3/c1-13-8-10-16(11-9-13)20-19(23)17(12-18(21)22)14(2)15-6-4-3-5-7-15/h3-11,14,17H,12H2,1-2H3,(H,20,23)(H,21,22)/t14-,17+/m1/s1. The molecule has 4 nitrogen and oxygen atoms in total. The van der Waals surface area contributed by atoms with Crippen molar-refractivity contribution in [1.82, 2.24) is 0 Å². The van der Waals surface area contributed by atoms with Crippen LogP contribution in [0.2, 0.25) is 0 Å². The molecule has 0 aliphatic heterocycles. The van der Waals surface area contributed by atoms with Crippen LogP contribution in [0.25, 0.3) is 0 Å². The van der Waals surface area contributed by atoms with Crippen molar-refractivity contribution in [1.29, 1.82) is 0 Å². The van der Waals surface area contributed by atoms with E-state index in [0.29, 0.717) is 5.69 Å². The molecule has 0 aliphatic carbocycles. The fourth-order valence-corrected chi connectivity index (χ4v) is 2.55. The number of hydrogen-bond donors (Lipinski definition) is 2. The predicted molar refractivity (Wildman–Crippen MR) is 90.4 cm³/mol. The number of anilines is 1. The summed E-state index contributed by atoms with van der Waals surface area (Å²) in [4.78, 5) is 23.7. The van der Waals surface area contributed by atoms with Gasteiger partial charge in [-0.15, -0.1) is 0 Å². The highest BCUT2D eigenvalue weighted by Crippen LogP contribution is 2.28. The first-order valence-electron chi connectivity index (χ1n) is 7.61. The third-order valence-electron chi connectivity index (χ3n) is 3.98. The Labute approximate surface area is 136 Å². The van der Waals surface area contributed by atoms with Gasteiger partial charge in [0.25, 0.3) is 0 Å². The molecule has 0 saturated heterocycles. The second-order valence-corrected chi connectivity index (χ2v) is 5.76. The lowest BCUT2D eigenvalue weighted by Gasteiger charge is -2.22. The number of amides is 1. The van der Waals surface area contributed by atoms with Crippen LogP contribution in [-0.2, 0) is 9.59 Å². The second kappa shape index (κ2) is 7.58. The van der Waals surface area contributed by atoms with Crippen molar-refractivity contribution in [3.63, 3.8) is 0 Å². The topological polar surface area (TPSA) is 66.4 Å². The molecule has 1 amide bonds. The summed E-state index contributed by atoms with van der Waals surface area (Å²) < 4.78 is 0. The lowest BCUT2D eigenvalue weighted by Crippen LogP contribution is -2.29. The van der Waals surface area contributed by atoms with Gasteiger partial charge >= 0.3 is 5.97 Å². The number of rotatable bonds is 6. The zero-order chi connectivity index (χ0) is 16.8. The minimum absolute atomic E-state index is 0.183. The van der Waals surface area contributed by atoms with Gasteiger partial charge in [-0.25, -0.2) is 0 Å². The van der Waals surface area contributed by atoms with Gasteiger partial charge in [-0.3, -0.25) is 9.59 Å². The number of aliphatic carboxylic acids is 1. The predicted octanol–water partition coefficient (Wildman–Crippen LogP) is 3.83. The molecule has 0 spiro atoms. The van der Waals surface area contributed by atoms with E-state index in [1.807, 2.05) is 68.4 Å². The second-order valence-electron chi connectivity index (χ2n) is 5.76. The summed E-state index contributed by atoms with van der Waals surface area (Å²) in [5.74, 6) is -2.06. The lowest BCUT2D eigenvalue weighted by atomic mass is 9.84. The Morgan fingerprint density at radius 3 is 2.22 bits per heavy atom. The molecule has 2 N–H and O–H groups in total. The van der Waals surface area contributed by atoms with E-state index in [-0.39, 0.29) is 18.2 Å². The molecule has 0 unspecified atom stereocenters. The molecule has 0 aromatic heterocycles. The molecule has 4 heteroatoms. The minimum atomic E-state index is -0.975. The summed E-state index contributed by atoms with van der Waals surface area (Å²) in [5, 5.41) is 12.0. The monoisotopic (exact) mass is 311 g/mol. The Bertz CT molecular complexity index is 665. The van der Waals surface area contributed by atoms with Crippen molar-refractivity contribution >= 4 is 17.6 Å². The van der Waals surface area contributed by atoms with Crippen molar-refractivity contribution in [2.24, 2.45) is 5.92 Å². The van der Waals surface area contributed by atoms with Crippen molar-refractivity contribution in [2.45, 2.75) is 26.2 Å². The Morgan fingerprint density at radius 1 is 1.04 bits per heavy atom. The van der Waals surface area contributed by atoms with Gasteiger partial charge in [-0.1, -0.05) is 55.0 Å². The molecule has 2 atom stereocenters. The average molecular weight is 311 g/mol. The van der Waals surface area contributed by atoms with Crippen molar-refractivity contribution in [2.75, 3.05) is 5.32 Å². The normalized spacial score (nSPS) is 13.1. The van der Waals surface area contributed by atoms with Crippen molar-refractivity contribution in [3.05, 3.63) is 65.7 Å². The smallest absolute Gasteiger partial charge is 0.304 e. The first-order valence-corrected chi connectivity index (χ1v) is 7.61. The number of nitrogens with one attached hydrogen (secondary N) is 1. The summed E-state index contributed by atoms with van der Waals surface area (Å²) in [5.41, 5.74) is 2.73. The highest BCUT2D eigenvalue weighted by atomic mass is 16.4. The molecule has 0 radical (unpaired) electrons. The molecular formula is C19H21NO3. The number of carboxylic acids is 1. The van der Waals surface area contributed by atoms with E-state index < -0.39 is 11.9 Å². The molecule has 2 aromatic carbocycles. The van der Waals surface area contributed by atoms with Gasteiger partial charge in [0.15, 0.2) is 0 Å². The number of benzene rings is 2. The summed E-state index contributed by atoms with van der Waals surface area (Å²) in [6.45, 7) is 3.86. The highest BCUT2D eigenvalue weighted by molar-refractivity contribution is 5.95. The van der Waals surface area contributed by atoms with Crippen LogP contribution >= 0.6 is 0 Å². The summed E-state index contributed by atoms with van der Waals surface area (Å²) in [6.07, 6.45) is -0.201. The number of hydrogen-bond acceptors (Lipinski definition) is 2. The Morgan fingerprint density at radius 2 is 1.65 bits per heavy atom. The number of carbonyl (C=O) groups excluding carboxylic acids is 1. The van der Waals surface area contributed by atoms with Crippen LogP contribution in [0.1, 0.15) is 30.4 Å². The summed E-state index contributed by atoms with van der Waals surface area (Å²) in [7, 11) is 0. The van der Waals surface area contributed by atoms with Gasteiger partial charge in [0, 0.05) is 5.69 Å². The number of aryl methyl sites for hydroxylation is 1. The Hall–Kier alpha value is -2.62. The van der Waals surface area contributed by atoms with Crippen molar-refractivity contribution < 1.29 is 14.7 Å². The molecule has 0 saturated carbocycles. The van der Waals surface area contributed by atoms with E-state index >= 15 is 0 Å². The van der Waals surface area contributed by atoms with Crippen LogP contribution in [-0.4, -0.2) is 17.0 Å². The van der Waals surface area contributed by atoms with Gasteiger partial charge < -0.3 is 10.4 Å². The molecule has 2 rings (SSSR count).